The maximum Gasteiger partial charge on any atom is 0.251 e. The number of carbonyl (C=O) groups is 2. The van der Waals surface area contributed by atoms with Crippen LogP contribution in [0.4, 0.5) is 0 Å². The number of carbonyl (C=O) groups excluding carboxylic acids is 2. The van der Waals surface area contributed by atoms with Gasteiger partial charge in [-0.3, -0.25) is 9.59 Å². The topological polar surface area (TPSA) is 102 Å². The molecule has 0 aliphatic heterocycles. The summed E-state index contributed by atoms with van der Waals surface area (Å²) in [5.41, 5.74) is 0.602. The van der Waals surface area contributed by atoms with Crippen molar-refractivity contribution in [3.63, 3.8) is 0 Å². The Hall–Kier alpha value is -2.42. The third-order valence-electron chi connectivity index (χ3n) is 3.75. The first-order chi connectivity index (χ1) is 12.1. The first-order valence-corrected chi connectivity index (χ1v) is 9.08. The summed E-state index contributed by atoms with van der Waals surface area (Å²) >= 11 is 1.34. The Morgan fingerprint density at radius 2 is 1.96 bits per heavy atom. The van der Waals surface area contributed by atoms with Crippen molar-refractivity contribution in [1.29, 1.82) is 0 Å². The normalized spacial score (nSPS) is 14.8. The SMILES string of the molecule is CC(Sc1nnnn1C1CC1)C(=O)NCCNC(=O)c1ccccc1. The molecule has 1 saturated carbocycles. The highest BCUT2D eigenvalue weighted by atomic mass is 32.2. The molecule has 0 radical (unpaired) electrons. The van der Waals surface area contributed by atoms with Crippen LogP contribution in [0.15, 0.2) is 35.5 Å². The van der Waals surface area contributed by atoms with Crippen molar-refractivity contribution >= 4 is 23.6 Å². The number of benzene rings is 1. The molecule has 1 aromatic carbocycles. The number of nitrogens with zero attached hydrogens (tertiary/aromatic N) is 4. The fraction of sp³-hybridized carbons (Fsp3) is 0.438. The van der Waals surface area contributed by atoms with Gasteiger partial charge in [-0.2, -0.15) is 0 Å². The molecule has 9 heteroatoms. The fourth-order valence-electron chi connectivity index (χ4n) is 2.22. The van der Waals surface area contributed by atoms with E-state index in [2.05, 4.69) is 26.2 Å². The average molecular weight is 360 g/mol. The van der Waals surface area contributed by atoms with E-state index in [9.17, 15) is 9.59 Å². The summed E-state index contributed by atoms with van der Waals surface area (Å²) in [6.45, 7) is 2.56. The van der Waals surface area contributed by atoms with Crippen LogP contribution in [0.1, 0.15) is 36.2 Å². The Labute approximate surface area is 149 Å². The maximum absolute atomic E-state index is 12.2. The summed E-state index contributed by atoms with van der Waals surface area (Å²) in [6.07, 6.45) is 2.17. The van der Waals surface area contributed by atoms with Gasteiger partial charge in [0, 0.05) is 18.7 Å². The third kappa shape index (κ3) is 4.79. The van der Waals surface area contributed by atoms with Crippen molar-refractivity contribution in [3.05, 3.63) is 35.9 Å². The van der Waals surface area contributed by atoms with Crippen LogP contribution in [0.3, 0.4) is 0 Å². The number of thioether (sulfide) groups is 1. The lowest BCUT2D eigenvalue weighted by Gasteiger charge is -2.12. The van der Waals surface area contributed by atoms with Crippen LogP contribution in [0.25, 0.3) is 0 Å². The molecule has 1 aliphatic carbocycles. The highest BCUT2D eigenvalue weighted by molar-refractivity contribution is 8.00. The van der Waals surface area contributed by atoms with E-state index >= 15 is 0 Å². The molecule has 2 N–H and O–H groups in total. The van der Waals surface area contributed by atoms with E-state index in [1.807, 2.05) is 25.1 Å². The molecule has 3 rings (SSSR count). The second-order valence-corrected chi connectivity index (χ2v) is 7.12. The van der Waals surface area contributed by atoms with Crippen molar-refractivity contribution < 1.29 is 9.59 Å². The molecule has 1 aromatic heterocycles. The van der Waals surface area contributed by atoms with Crippen molar-refractivity contribution in [2.75, 3.05) is 13.1 Å². The van der Waals surface area contributed by atoms with Crippen LogP contribution in [-0.4, -0.2) is 50.4 Å². The number of tetrazole rings is 1. The standard InChI is InChI=1S/C16H20N6O2S/c1-11(25-16-19-20-21-22(16)13-7-8-13)14(23)17-9-10-18-15(24)12-5-3-2-4-6-12/h2-6,11,13H,7-10H2,1H3,(H,17,23)(H,18,24). The van der Waals surface area contributed by atoms with Gasteiger partial charge in [-0.1, -0.05) is 30.0 Å². The van der Waals surface area contributed by atoms with Crippen LogP contribution in [-0.2, 0) is 4.79 Å². The van der Waals surface area contributed by atoms with Gasteiger partial charge in [-0.05, 0) is 42.3 Å². The van der Waals surface area contributed by atoms with Gasteiger partial charge in [0.05, 0.1) is 11.3 Å². The fourth-order valence-corrected chi connectivity index (χ4v) is 3.10. The van der Waals surface area contributed by atoms with Crippen molar-refractivity contribution in [2.24, 2.45) is 0 Å². The summed E-state index contributed by atoms with van der Waals surface area (Å²) in [4.78, 5) is 24.0. The predicted octanol–water partition coefficient (Wildman–Crippen LogP) is 1.03. The van der Waals surface area contributed by atoms with Gasteiger partial charge >= 0.3 is 0 Å². The predicted molar refractivity (Wildman–Crippen MR) is 93.2 cm³/mol. The summed E-state index contributed by atoms with van der Waals surface area (Å²) in [7, 11) is 0. The number of hydrogen-bond acceptors (Lipinski definition) is 6. The van der Waals surface area contributed by atoms with Gasteiger partial charge in [-0.25, -0.2) is 4.68 Å². The maximum atomic E-state index is 12.2. The van der Waals surface area contributed by atoms with Crippen LogP contribution in [0.2, 0.25) is 0 Å². The van der Waals surface area contributed by atoms with Gasteiger partial charge in [0.2, 0.25) is 11.1 Å². The second kappa shape index (κ2) is 8.11. The van der Waals surface area contributed by atoms with Gasteiger partial charge < -0.3 is 10.6 Å². The van der Waals surface area contributed by atoms with Crippen LogP contribution < -0.4 is 10.6 Å². The largest absolute Gasteiger partial charge is 0.353 e. The van der Waals surface area contributed by atoms with E-state index in [0.717, 1.165) is 12.8 Å². The minimum atomic E-state index is -0.312. The lowest BCUT2D eigenvalue weighted by molar-refractivity contribution is -0.120. The van der Waals surface area contributed by atoms with Crippen LogP contribution in [0.5, 0.6) is 0 Å². The average Bonchev–Trinajstić information content (AvgIpc) is 3.38. The molecular weight excluding hydrogens is 340 g/mol. The summed E-state index contributed by atoms with van der Waals surface area (Å²) in [6, 6.07) is 9.35. The van der Waals surface area contributed by atoms with E-state index in [4.69, 9.17) is 0 Å². The molecule has 0 saturated heterocycles. The zero-order chi connectivity index (χ0) is 17.6. The Kier molecular flexibility index (Phi) is 5.64. The first-order valence-electron chi connectivity index (χ1n) is 8.20. The van der Waals surface area contributed by atoms with Crippen molar-refractivity contribution in [3.8, 4) is 0 Å². The first kappa shape index (κ1) is 17.4. The van der Waals surface area contributed by atoms with Gasteiger partial charge in [0.1, 0.15) is 0 Å². The van der Waals surface area contributed by atoms with Crippen molar-refractivity contribution in [1.82, 2.24) is 30.8 Å². The number of nitrogens with one attached hydrogen (secondary N) is 2. The lowest BCUT2D eigenvalue weighted by Crippen LogP contribution is -2.37. The molecule has 1 fully saturated rings. The quantitative estimate of drug-likeness (QED) is 0.539. The molecule has 1 heterocycles. The molecule has 1 unspecified atom stereocenters. The smallest absolute Gasteiger partial charge is 0.251 e. The lowest BCUT2D eigenvalue weighted by atomic mass is 10.2. The van der Waals surface area contributed by atoms with Crippen LogP contribution >= 0.6 is 11.8 Å². The number of rotatable bonds is 8. The monoisotopic (exact) mass is 360 g/mol. The molecular formula is C16H20N6O2S. The highest BCUT2D eigenvalue weighted by Crippen LogP contribution is 2.37. The van der Waals surface area contributed by atoms with Crippen molar-refractivity contribution in [2.45, 2.75) is 36.2 Å². The molecule has 1 atom stereocenters. The molecule has 25 heavy (non-hydrogen) atoms. The zero-order valence-corrected chi connectivity index (χ0v) is 14.7. The summed E-state index contributed by atoms with van der Waals surface area (Å²) in [5, 5.41) is 17.6. The Morgan fingerprint density at radius 3 is 2.68 bits per heavy atom. The molecule has 2 aromatic rings. The van der Waals surface area contributed by atoms with Gasteiger partial charge in [0.15, 0.2) is 0 Å². The van der Waals surface area contributed by atoms with E-state index in [1.165, 1.54) is 11.8 Å². The molecule has 2 amide bonds. The van der Waals surface area contributed by atoms with Gasteiger partial charge in [-0.15, -0.1) is 5.10 Å². The minimum Gasteiger partial charge on any atom is -0.353 e. The van der Waals surface area contributed by atoms with E-state index in [0.29, 0.717) is 29.9 Å². The second-order valence-electron chi connectivity index (χ2n) is 5.81. The summed E-state index contributed by atoms with van der Waals surface area (Å²) < 4.78 is 1.79. The number of hydrogen-bond donors (Lipinski definition) is 2. The molecule has 0 bridgehead atoms. The zero-order valence-electron chi connectivity index (χ0n) is 13.9. The molecule has 8 nitrogen and oxygen atoms in total. The Bertz CT molecular complexity index is 731. The molecule has 0 spiro atoms. The molecule has 132 valence electrons. The minimum absolute atomic E-state index is 0.107. The Morgan fingerprint density at radius 1 is 1.24 bits per heavy atom. The van der Waals surface area contributed by atoms with E-state index in [-0.39, 0.29) is 17.1 Å². The summed E-state index contributed by atoms with van der Waals surface area (Å²) in [5.74, 6) is -0.259. The number of aromatic nitrogens is 4. The third-order valence-corrected chi connectivity index (χ3v) is 4.80. The number of amides is 2. The van der Waals surface area contributed by atoms with Crippen LogP contribution in [0, 0.1) is 0 Å². The Balaban J connectivity index is 1.38. The van der Waals surface area contributed by atoms with E-state index < -0.39 is 0 Å². The van der Waals surface area contributed by atoms with E-state index in [1.54, 1.807) is 16.8 Å². The van der Waals surface area contributed by atoms with Gasteiger partial charge in [0.25, 0.3) is 5.91 Å². The molecule has 1 aliphatic rings. The highest BCUT2D eigenvalue weighted by Gasteiger charge is 2.29.